The minimum Gasteiger partial charge on any atom is -0.398 e. The number of halogens is 2. The third-order valence-electron chi connectivity index (χ3n) is 2.68. The summed E-state index contributed by atoms with van der Waals surface area (Å²) in [6.45, 7) is 1.64. The van der Waals surface area contributed by atoms with Gasteiger partial charge in [-0.05, 0) is 48.9 Å². The summed E-state index contributed by atoms with van der Waals surface area (Å²) in [6.07, 6.45) is 0. The minimum atomic E-state index is -0.329. The van der Waals surface area contributed by atoms with Gasteiger partial charge >= 0.3 is 0 Å². The molecule has 3 nitrogen and oxygen atoms in total. The molecule has 0 aliphatic rings. The fourth-order valence-corrected chi connectivity index (χ4v) is 2.01. The molecule has 3 N–H and O–H groups in total. The zero-order chi connectivity index (χ0) is 14.0. The van der Waals surface area contributed by atoms with Crippen LogP contribution in [0.1, 0.15) is 15.9 Å². The number of nitrogens with two attached hydrogens (primary N) is 1. The Balaban J connectivity index is 2.25. The highest BCUT2D eigenvalue weighted by molar-refractivity contribution is 9.10. The summed E-state index contributed by atoms with van der Waals surface area (Å²) >= 11 is 3.29. The largest absolute Gasteiger partial charge is 0.398 e. The lowest BCUT2D eigenvalue weighted by Gasteiger charge is -2.09. The van der Waals surface area contributed by atoms with Crippen molar-refractivity contribution in [2.75, 3.05) is 11.1 Å². The van der Waals surface area contributed by atoms with Gasteiger partial charge in [-0.3, -0.25) is 4.79 Å². The van der Waals surface area contributed by atoms with Crippen LogP contribution < -0.4 is 11.1 Å². The van der Waals surface area contributed by atoms with Gasteiger partial charge in [0.1, 0.15) is 5.82 Å². The molecule has 0 unspecified atom stereocenters. The number of amides is 1. The van der Waals surface area contributed by atoms with Crippen LogP contribution in [-0.4, -0.2) is 5.91 Å². The van der Waals surface area contributed by atoms with Crippen LogP contribution in [0.4, 0.5) is 15.8 Å². The number of benzene rings is 2. The maximum Gasteiger partial charge on any atom is 0.257 e. The SMILES string of the molecule is Cc1cc(NC(=O)c2cc(Br)ccc2N)ccc1F. The standard InChI is InChI=1S/C14H12BrFN2O/c1-8-6-10(3-4-12(8)16)18-14(19)11-7-9(15)2-5-13(11)17/h2-7H,17H2,1H3,(H,18,19). The van der Waals surface area contributed by atoms with Gasteiger partial charge < -0.3 is 11.1 Å². The molecule has 98 valence electrons. The molecule has 0 aromatic heterocycles. The summed E-state index contributed by atoms with van der Waals surface area (Å²) in [6, 6.07) is 9.44. The zero-order valence-electron chi connectivity index (χ0n) is 10.2. The predicted molar refractivity (Wildman–Crippen MR) is 77.6 cm³/mol. The smallest absolute Gasteiger partial charge is 0.257 e. The van der Waals surface area contributed by atoms with Gasteiger partial charge in [0.15, 0.2) is 0 Å². The average Bonchev–Trinajstić information content (AvgIpc) is 2.36. The Morgan fingerprint density at radius 1 is 1.26 bits per heavy atom. The molecule has 0 saturated carbocycles. The lowest BCUT2D eigenvalue weighted by atomic mass is 10.1. The van der Waals surface area contributed by atoms with E-state index in [0.29, 0.717) is 22.5 Å². The van der Waals surface area contributed by atoms with E-state index in [1.165, 1.54) is 12.1 Å². The number of hydrogen-bond donors (Lipinski definition) is 2. The molecule has 5 heteroatoms. The number of carbonyl (C=O) groups is 1. The van der Waals surface area contributed by atoms with Gasteiger partial charge in [0.05, 0.1) is 5.56 Å². The zero-order valence-corrected chi connectivity index (χ0v) is 11.8. The van der Waals surface area contributed by atoms with E-state index < -0.39 is 0 Å². The number of aryl methyl sites for hydroxylation is 1. The van der Waals surface area contributed by atoms with E-state index in [4.69, 9.17) is 5.73 Å². The Kier molecular flexibility index (Phi) is 3.85. The van der Waals surface area contributed by atoms with Crippen molar-refractivity contribution in [3.05, 3.63) is 57.8 Å². The maximum atomic E-state index is 13.1. The Morgan fingerprint density at radius 3 is 2.68 bits per heavy atom. The van der Waals surface area contributed by atoms with Crippen molar-refractivity contribution in [3.8, 4) is 0 Å². The first-order valence-corrected chi connectivity index (χ1v) is 6.39. The summed E-state index contributed by atoms with van der Waals surface area (Å²) in [7, 11) is 0. The lowest BCUT2D eigenvalue weighted by Crippen LogP contribution is -2.14. The van der Waals surface area contributed by atoms with E-state index >= 15 is 0 Å². The highest BCUT2D eigenvalue weighted by Gasteiger charge is 2.11. The second-order valence-electron chi connectivity index (χ2n) is 4.15. The molecule has 0 bridgehead atoms. The number of carbonyl (C=O) groups excluding carboxylic acids is 1. The fourth-order valence-electron chi connectivity index (χ4n) is 1.65. The Bertz CT molecular complexity index is 643. The van der Waals surface area contributed by atoms with E-state index in [9.17, 15) is 9.18 Å². The first-order chi connectivity index (χ1) is 8.97. The molecule has 1 amide bonds. The molecular formula is C14H12BrFN2O. The summed E-state index contributed by atoms with van der Waals surface area (Å²) in [5.41, 5.74) is 7.52. The molecule has 0 atom stereocenters. The Labute approximate surface area is 118 Å². The van der Waals surface area contributed by atoms with E-state index in [0.717, 1.165) is 4.47 Å². The van der Waals surface area contributed by atoms with Gasteiger partial charge in [0.25, 0.3) is 5.91 Å². The van der Waals surface area contributed by atoms with E-state index in [2.05, 4.69) is 21.2 Å². The first-order valence-electron chi connectivity index (χ1n) is 5.60. The highest BCUT2D eigenvalue weighted by Crippen LogP contribution is 2.20. The number of nitrogen functional groups attached to an aromatic ring is 1. The van der Waals surface area contributed by atoms with Crippen LogP contribution >= 0.6 is 15.9 Å². The summed E-state index contributed by atoms with van der Waals surface area (Å²) < 4.78 is 13.9. The number of anilines is 2. The highest BCUT2D eigenvalue weighted by atomic mass is 79.9. The van der Waals surface area contributed by atoms with E-state index in [-0.39, 0.29) is 11.7 Å². The van der Waals surface area contributed by atoms with Crippen molar-refractivity contribution in [3.63, 3.8) is 0 Å². The second kappa shape index (κ2) is 5.40. The normalized spacial score (nSPS) is 10.3. The average molecular weight is 323 g/mol. The molecule has 2 aromatic rings. The first kappa shape index (κ1) is 13.5. The summed E-state index contributed by atoms with van der Waals surface area (Å²) in [5.74, 6) is -0.634. The molecule has 0 aliphatic carbocycles. The third kappa shape index (κ3) is 3.12. The van der Waals surface area contributed by atoms with Gasteiger partial charge in [0, 0.05) is 15.8 Å². The minimum absolute atomic E-state index is 0.306. The third-order valence-corrected chi connectivity index (χ3v) is 3.17. The van der Waals surface area contributed by atoms with Gasteiger partial charge in [-0.25, -0.2) is 4.39 Å². The predicted octanol–water partition coefficient (Wildman–Crippen LogP) is 3.73. The van der Waals surface area contributed by atoms with Crippen molar-refractivity contribution in [1.82, 2.24) is 0 Å². The van der Waals surface area contributed by atoms with Crippen LogP contribution in [0.15, 0.2) is 40.9 Å². The van der Waals surface area contributed by atoms with Crippen molar-refractivity contribution in [1.29, 1.82) is 0 Å². The topological polar surface area (TPSA) is 55.1 Å². The molecule has 0 radical (unpaired) electrons. The van der Waals surface area contributed by atoms with Crippen LogP contribution in [0, 0.1) is 12.7 Å². The van der Waals surface area contributed by atoms with Crippen LogP contribution in [0.5, 0.6) is 0 Å². The van der Waals surface area contributed by atoms with Crippen molar-refractivity contribution >= 4 is 33.2 Å². The molecule has 0 fully saturated rings. The van der Waals surface area contributed by atoms with E-state index in [1.54, 1.807) is 31.2 Å². The Hall–Kier alpha value is -1.88. The maximum absolute atomic E-state index is 13.1. The second-order valence-corrected chi connectivity index (χ2v) is 5.07. The van der Waals surface area contributed by atoms with Crippen molar-refractivity contribution < 1.29 is 9.18 Å². The van der Waals surface area contributed by atoms with Crippen molar-refractivity contribution in [2.45, 2.75) is 6.92 Å². The molecule has 19 heavy (non-hydrogen) atoms. The quantitative estimate of drug-likeness (QED) is 0.828. The lowest BCUT2D eigenvalue weighted by molar-refractivity contribution is 0.102. The summed E-state index contributed by atoms with van der Waals surface area (Å²) in [4.78, 5) is 12.1. The summed E-state index contributed by atoms with van der Waals surface area (Å²) in [5, 5.41) is 2.69. The molecule has 0 saturated heterocycles. The molecular weight excluding hydrogens is 311 g/mol. The molecule has 2 rings (SSSR count). The van der Waals surface area contributed by atoms with Crippen LogP contribution in [0.2, 0.25) is 0 Å². The van der Waals surface area contributed by atoms with E-state index in [1.807, 2.05) is 0 Å². The van der Waals surface area contributed by atoms with Gasteiger partial charge in [0.2, 0.25) is 0 Å². The van der Waals surface area contributed by atoms with Crippen molar-refractivity contribution in [2.24, 2.45) is 0 Å². The van der Waals surface area contributed by atoms with Crippen LogP contribution in [0.25, 0.3) is 0 Å². The van der Waals surface area contributed by atoms with Gasteiger partial charge in [-0.2, -0.15) is 0 Å². The van der Waals surface area contributed by atoms with Crippen LogP contribution in [-0.2, 0) is 0 Å². The molecule has 0 spiro atoms. The number of nitrogens with one attached hydrogen (secondary N) is 1. The number of rotatable bonds is 2. The van der Waals surface area contributed by atoms with Gasteiger partial charge in [-0.15, -0.1) is 0 Å². The fraction of sp³-hybridized carbons (Fsp3) is 0.0714. The Morgan fingerprint density at radius 2 is 2.00 bits per heavy atom. The molecule has 0 heterocycles. The number of hydrogen-bond acceptors (Lipinski definition) is 2. The van der Waals surface area contributed by atoms with Gasteiger partial charge in [-0.1, -0.05) is 15.9 Å². The molecule has 0 aliphatic heterocycles. The van der Waals surface area contributed by atoms with Crippen LogP contribution in [0.3, 0.4) is 0 Å². The molecule has 2 aromatic carbocycles. The monoisotopic (exact) mass is 322 g/mol.